The molecule has 5 atom stereocenters. The third-order valence-corrected chi connectivity index (χ3v) is 4.96. The summed E-state index contributed by atoms with van der Waals surface area (Å²) in [5.41, 5.74) is 0.0900. The highest BCUT2D eigenvalue weighted by atomic mass is 16.6. The second-order valence-electron chi connectivity index (χ2n) is 5.53. The van der Waals surface area contributed by atoms with Gasteiger partial charge in [-0.05, 0) is 30.6 Å². The third kappa shape index (κ3) is 1.71. The zero-order valence-electron chi connectivity index (χ0n) is 10.7. The van der Waals surface area contributed by atoms with Crippen molar-refractivity contribution in [3.63, 3.8) is 0 Å². The van der Waals surface area contributed by atoms with Crippen molar-refractivity contribution < 1.29 is 9.53 Å². The topological polar surface area (TPSA) is 29.6 Å². The Morgan fingerprint density at radius 1 is 1.25 bits per heavy atom. The van der Waals surface area contributed by atoms with Crippen LogP contribution in [0.5, 0.6) is 0 Å². The molecule has 0 N–H and O–H groups in total. The molecule has 1 aliphatic carbocycles. The lowest BCUT2D eigenvalue weighted by atomic mass is 9.60. The van der Waals surface area contributed by atoms with Gasteiger partial charge in [-0.3, -0.25) is 0 Å². The fourth-order valence-electron chi connectivity index (χ4n) is 4.03. The van der Waals surface area contributed by atoms with Crippen LogP contribution in [-0.4, -0.2) is 18.5 Å². The van der Waals surface area contributed by atoms with Crippen LogP contribution in [0.25, 0.3) is 0 Å². The Balaban J connectivity index is 2.23. The number of carbonyl (C=O) groups excluding carboxylic acids is 1. The number of carbonyl (C=O) groups is 1. The number of hydrogen-bond donors (Lipinski definition) is 0. The fraction of sp³-hybridized carbons (Fsp3) is 0.929. The van der Waals surface area contributed by atoms with Crippen LogP contribution in [0.1, 0.15) is 46.5 Å². The number of epoxide rings is 1. The van der Waals surface area contributed by atoms with Gasteiger partial charge in [0.1, 0.15) is 6.29 Å². The van der Waals surface area contributed by atoms with Gasteiger partial charge in [-0.1, -0.05) is 33.6 Å². The van der Waals surface area contributed by atoms with Gasteiger partial charge in [-0.25, -0.2) is 0 Å². The van der Waals surface area contributed by atoms with Crippen LogP contribution in [-0.2, 0) is 9.53 Å². The molecule has 2 nitrogen and oxygen atoms in total. The van der Waals surface area contributed by atoms with E-state index in [1.54, 1.807) is 0 Å². The minimum Gasteiger partial charge on any atom is -0.369 e. The Hall–Kier alpha value is -0.370. The average molecular weight is 224 g/mol. The fourth-order valence-corrected chi connectivity index (χ4v) is 4.03. The normalized spacial score (nSPS) is 46.9. The highest BCUT2D eigenvalue weighted by Gasteiger charge is 2.59. The molecule has 0 amide bonds. The Kier molecular flexibility index (Phi) is 3.39. The van der Waals surface area contributed by atoms with Crippen LogP contribution < -0.4 is 0 Å². The van der Waals surface area contributed by atoms with E-state index < -0.39 is 0 Å². The molecule has 2 aliphatic rings. The molecule has 0 bridgehead atoms. The summed E-state index contributed by atoms with van der Waals surface area (Å²) in [5, 5.41) is 0. The summed E-state index contributed by atoms with van der Waals surface area (Å²) in [4.78, 5) is 11.4. The van der Waals surface area contributed by atoms with Crippen molar-refractivity contribution in [3.05, 3.63) is 0 Å². The second kappa shape index (κ2) is 4.48. The van der Waals surface area contributed by atoms with Gasteiger partial charge in [0.25, 0.3) is 0 Å². The lowest BCUT2D eigenvalue weighted by Crippen LogP contribution is -2.45. The summed E-state index contributed by atoms with van der Waals surface area (Å²) in [6, 6.07) is 0. The van der Waals surface area contributed by atoms with Crippen LogP contribution >= 0.6 is 0 Å². The second-order valence-corrected chi connectivity index (χ2v) is 5.53. The Morgan fingerprint density at radius 3 is 2.31 bits per heavy atom. The molecule has 1 spiro atoms. The minimum atomic E-state index is 0.0900. The van der Waals surface area contributed by atoms with E-state index in [0.29, 0.717) is 17.8 Å². The first-order chi connectivity index (χ1) is 7.72. The summed E-state index contributed by atoms with van der Waals surface area (Å²) in [6.07, 6.45) is 5.80. The summed E-state index contributed by atoms with van der Waals surface area (Å²) in [7, 11) is 0. The predicted molar refractivity (Wildman–Crippen MR) is 64.2 cm³/mol. The lowest BCUT2D eigenvalue weighted by molar-refractivity contribution is -0.120. The van der Waals surface area contributed by atoms with Crippen molar-refractivity contribution in [2.75, 3.05) is 6.61 Å². The first-order valence-electron chi connectivity index (χ1n) is 6.81. The van der Waals surface area contributed by atoms with E-state index in [1.165, 1.54) is 19.1 Å². The summed E-state index contributed by atoms with van der Waals surface area (Å²) >= 11 is 0. The molecule has 2 rings (SSSR count). The maximum Gasteiger partial charge on any atom is 0.123 e. The zero-order valence-corrected chi connectivity index (χ0v) is 10.7. The first-order valence-corrected chi connectivity index (χ1v) is 6.81. The maximum atomic E-state index is 11.4. The molecule has 1 aliphatic heterocycles. The Morgan fingerprint density at radius 2 is 1.94 bits per heavy atom. The average Bonchev–Trinajstić information content (AvgIpc) is 3.07. The third-order valence-electron chi connectivity index (χ3n) is 4.96. The summed E-state index contributed by atoms with van der Waals surface area (Å²) in [5.74, 6) is 1.97. The molecule has 92 valence electrons. The number of ether oxygens (including phenoxy) is 1. The SMILES string of the molecule is CCC1CC2(CO2)C(CC)C(C=O)C1CC. The predicted octanol–water partition coefficient (Wildman–Crippen LogP) is 3.05. The summed E-state index contributed by atoms with van der Waals surface area (Å²) < 4.78 is 5.74. The molecule has 16 heavy (non-hydrogen) atoms. The molecule has 0 aromatic rings. The minimum absolute atomic E-state index is 0.0900. The van der Waals surface area contributed by atoms with Crippen molar-refractivity contribution in [2.24, 2.45) is 23.7 Å². The largest absolute Gasteiger partial charge is 0.369 e. The van der Waals surface area contributed by atoms with Crippen LogP contribution in [0.3, 0.4) is 0 Å². The van der Waals surface area contributed by atoms with Gasteiger partial charge in [-0.2, -0.15) is 0 Å². The van der Waals surface area contributed by atoms with E-state index in [9.17, 15) is 4.79 Å². The lowest BCUT2D eigenvalue weighted by Gasteiger charge is -2.44. The van der Waals surface area contributed by atoms with Gasteiger partial charge in [0.05, 0.1) is 12.2 Å². The Labute approximate surface area is 98.7 Å². The number of aldehydes is 1. The van der Waals surface area contributed by atoms with Crippen molar-refractivity contribution in [3.8, 4) is 0 Å². The molecule has 1 saturated heterocycles. The molecule has 0 aromatic heterocycles. The van der Waals surface area contributed by atoms with Gasteiger partial charge in [-0.15, -0.1) is 0 Å². The smallest absolute Gasteiger partial charge is 0.123 e. The van der Waals surface area contributed by atoms with Crippen molar-refractivity contribution in [1.29, 1.82) is 0 Å². The quantitative estimate of drug-likeness (QED) is 0.542. The zero-order chi connectivity index (χ0) is 11.8. The molecule has 1 heterocycles. The van der Waals surface area contributed by atoms with Gasteiger partial charge >= 0.3 is 0 Å². The van der Waals surface area contributed by atoms with E-state index in [4.69, 9.17) is 4.74 Å². The van der Waals surface area contributed by atoms with Crippen molar-refractivity contribution >= 4 is 6.29 Å². The van der Waals surface area contributed by atoms with Crippen LogP contribution in [0.15, 0.2) is 0 Å². The van der Waals surface area contributed by atoms with E-state index >= 15 is 0 Å². The molecule has 0 aromatic carbocycles. The monoisotopic (exact) mass is 224 g/mol. The molecule has 2 heteroatoms. The molecular formula is C14H24O2. The highest BCUT2D eigenvalue weighted by molar-refractivity contribution is 5.56. The number of rotatable bonds is 4. The standard InChI is InChI=1S/C14H24O2/c1-4-10-7-14(9-16-14)13(6-3)12(8-15)11(10)5-2/h8,10-13H,4-7,9H2,1-3H3. The van der Waals surface area contributed by atoms with E-state index in [2.05, 4.69) is 20.8 Å². The van der Waals surface area contributed by atoms with Crippen molar-refractivity contribution in [2.45, 2.75) is 52.1 Å². The van der Waals surface area contributed by atoms with Gasteiger partial charge < -0.3 is 9.53 Å². The van der Waals surface area contributed by atoms with Crippen LogP contribution in [0.4, 0.5) is 0 Å². The Bertz CT molecular complexity index is 257. The van der Waals surface area contributed by atoms with Crippen LogP contribution in [0.2, 0.25) is 0 Å². The van der Waals surface area contributed by atoms with Gasteiger partial charge in [0.15, 0.2) is 0 Å². The summed E-state index contributed by atoms with van der Waals surface area (Å²) in [6.45, 7) is 7.56. The maximum absolute atomic E-state index is 11.4. The van der Waals surface area contributed by atoms with E-state index in [-0.39, 0.29) is 11.5 Å². The van der Waals surface area contributed by atoms with Gasteiger partial charge in [0.2, 0.25) is 0 Å². The van der Waals surface area contributed by atoms with Crippen LogP contribution in [0, 0.1) is 23.7 Å². The molecule has 0 radical (unpaired) electrons. The molecular weight excluding hydrogens is 200 g/mol. The highest BCUT2D eigenvalue weighted by Crippen LogP contribution is 2.55. The molecule has 1 saturated carbocycles. The van der Waals surface area contributed by atoms with Gasteiger partial charge in [0, 0.05) is 5.92 Å². The van der Waals surface area contributed by atoms with E-state index in [1.807, 2.05) is 0 Å². The number of hydrogen-bond acceptors (Lipinski definition) is 2. The van der Waals surface area contributed by atoms with Crippen molar-refractivity contribution in [1.82, 2.24) is 0 Å². The van der Waals surface area contributed by atoms with E-state index in [0.717, 1.165) is 19.4 Å². The first kappa shape index (κ1) is 12.1. The molecule has 2 fully saturated rings. The molecule has 5 unspecified atom stereocenters.